The molecule has 1 aliphatic carbocycles. The van der Waals surface area contributed by atoms with E-state index in [2.05, 4.69) is 17.6 Å². The molecule has 0 spiro atoms. The number of amides is 2. The van der Waals surface area contributed by atoms with Crippen LogP contribution in [0, 0.1) is 11.8 Å². The summed E-state index contributed by atoms with van der Waals surface area (Å²) in [4.78, 5) is 25.1. The topological polar surface area (TPSA) is 67.4 Å². The van der Waals surface area contributed by atoms with Gasteiger partial charge in [0.2, 0.25) is 11.8 Å². The average Bonchev–Trinajstić information content (AvgIpc) is 2.78. The SMILES string of the molecule is CCc1ccc(NC(=O)C2CCC(C(=O)NCc3ccccc3OC)CC2)cc1. The summed E-state index contributed by atoms with van der Waals surface area (Å²) >= 11 is 0. The van der Waals surface area contributed by atoms with Gasteiger partial charge in [0, 0.05) is 29.6 Å². The first-order chi connectivity index (χ1) is 14.1. The Morgan fingerprint density at radius 2 is 1.55 bits per heavy atom. The van der Waals surface area contributed by atoms with E-state index in [1.165, 1.54) is 5.56 Å². The molecule has 0 aliphatic heterocycles. The van der Waals surface area contributed by atoms with Crippen molar-refractivity contribution in [3.63, 3.8) is 0 Å². The van der Waals surface area contributed by atoms with Gasteiger partial charge in [-0.2, -0.15) is 0 Å². The van der Waals surface area contributed by atoms with Gasteiger partial charge in [0.05, 0.1) is 7.11 Å². The molecule has 2 amide bonds. The van der Waals surface area contributed by atoms with E-state index < -0.39 is 0 Å². The second-order valence-corrected chi connectivity index (χ2v) is 7.62. The molecule has 3 rings (SSSR count). The monoisotopic (exact) mass is 394 g/mol. The highest BCUT2D eigenvalue weighted by atomic mass is 16.5. The van der Waals surface area contributed by atoms with Gasteiger partial charge < -0.3 is 15.4 Å². The minimum absolute atomic E-state index is 0.0286. The van der Waals surface area contributed by atoms with E-state index in [1.807, 2.05) is 48.5 Å². The van der Waals surface area contributed by atoms with Crippen molar-refractivity contribution in [1.29, 1.82) is 0 Å². The van der Waals surface area contributed by atoms with Crippen LogP contribution in [0.4, 0.5) is 5.69 Å². The van der Waals surface area contributed by atoms with E-state index in [0.29, 0.717) is 6.54 Å². The third-order valence-corrected chi connectivity index (χ3v) is 5.74. The Morgan fingerprint density at radius 1 is 0.931 bits per heavy atom. The highest BCUT2D eigenvalue weighted by molar-refractivity contribution is 5.92. The van der Waals surface area contributed by atoms with E-state index >= 15 is 0 Å². The number of rotatable bonds is 7. The van der Waals surface area contributed by atoms with E-state index in [9.17, 15) is 9.59 Å². The van der Waals surface area contributed by atoms with Crippen molar-refractivity contribution in [1.82, 2.24) is 5.32 Å². The van der Waals surface area contributed by atoms with Crippen molar-refractivity contribution in [3.8, 4) is 5.75 Å². The zero-order valence-electron chi connectivity index (χ0n) is 17.2. The molecule has 5 heteroatoms. The van der Waals surface area contributed by atoms with Crippen molar-refractivity contribution >= 4 is 17.5 Å². The molecule has 0 radical (unpaired) electrons. The van der Waals surface area contributed by atoms with Crippen LogP contribution < -0.4 is 15.4 Å². The van der Waals surface area contributed by atoms with Crippen molar-refractivity contribution in [2.24, 2.45) is 11.8 Å². The van der Waals surface area contributed by atoms with Crippen LogP contribution >= 0.6 is 0 Å². The summed E-state index contributed by atoms with van der Waals surface area (Å²) in [6, 6.07) is 15.7. The fourth-order valence-corrected chi connectivity index (χ4v) is 3.86. The molecule has 0 aromatic heterocycles. The van der Waals surface area contributed by atoms with Crippen LogP contribution in [-0.2, 0) is 22.6 Å². The molecule has 0 heterocycles. The number of methoxy groups -OCH3 is 1. The van der Waals surface area contributed by atoms with Crippen LogP contribution in [0.2, 0.25) is 0 Å². The number of ether oxygens (including phenoxy) is 1. The predicted molar refractivity (Wildman–Crippen MR) is 115 cm³/mol. The van der Waals surface area contributed by atoms with Gasteiger partial charge in [-0.1, -0.05) is 37.3 Å². The fraction of sp³-hybridized carbons (Fsp3) is 0.417. The van der Waals surface area contributed by atoms with Gasteiger partial charge in [0.1, 0.15) is 5.75 Å². The van der Waals surface area contributed by atoms with Gasteiger partial charge in [0.15, 0.2) is 0 Å². The van der Waals surface area contributed by atoms with Crippen molar-refractivity contribution in [2.75, 3.05) is 12.4 Å². The standard InChI is InChI=1S/C24H30N2O3/c1-3-17-8-14-21(15-9-17)26-24(28)19-12-10-18(11-13-19)23(27)25-16-20-6-4-5-7-22(20)29-2/h4-9,14-15,18-19H,3,10-13,16H2,1-2H3,(H,25,27)(H,26,28). The number of nitrogens with one attached hydrogen (secondary N) is 2. The fourth-order valence-electron chi connectivity index (χ4n) is 3.86. The predicted octanol–water partition coefficient (Wildman–Crippen LogP) is 4.32. The molecule has 0 atom stereocenters. The Hall–Kier alpha value is -2.82. The smallest absolute Gasteiger partial charge is 0.227 e. The van der Waals surface area contributed by atoms with Gasteiger partial charge in [-0.25, -0.2) is 0 Å². The van der Waals surface area contributed by atoms with Gasteiger partial charge in [-0.3, -0.25) is 9.59 Å². The third kappa shape index (κ3) is 5.59. The Kier molecular flexibility index (Phi) is 7.28. The lowest BCUT2D eigenvalue weighted by Crippen LogP contribution is -2.35. The lowest BCUT2D eigenvalue weighted by atomic mass is 9.81. The summed E-state index contributed by atoms with van der Waals surface area (Å²) in [7, 11) is 1.63. The molecule has 1 aliphatic rings. The minimum Gasteiger partial charge on any atom is -0.496 e. The molecule has 1 fully saturated rings. The maximum absolute atomic E-state index is 12.6. The van der Waals surface area contributed by atoms with Crippen LogP contribution in [0.5, 0.6) is 5.75 Å². The highest BCUT2D eigenvalue weighted by Crippen LogP contribution is 2.30. The van der Waals surface area contributed by atoms with E-state index in [1.54, 1.807) is 7.11 Å². The number of aryl methyl sites for hydroxylation is 1. The summed E-state index contributed by atoms with van der Waals surface area (Å²) in [6.07, 6.45) is 3.95. The molecule has 2 aromatic rings. The summed E-state index contributed by atoms with van der Waals surface area (Å²) in [5.74, 6) is 0.837. The lowest BCUT2D eigenvalue weighted by molar-refractivity contribution is -0.128. The zero-order chi connectivity index (χ0) is 20.6. The Bertz CT molecular complexity index is 824. The highest BCUT2D eigenvalue weighted by Gasteiger charge is 2.30. The molecule has 0 unspecified atom stereocenters. The molecule has 0 bridgehead atoms. The summed E-state index contributed by atoms with van der Waals surface area (Å²) in [5, 5.41) is 6.03. The molecule has 2 N–H and O–H groups in total. The van der Waals surface area contributed by atoms with Crippen LogP contribution in [0.15, 0.2) is 48.5 Å². The van der Waals surface area contributed by atoms with Gasteiger partial charge in [-0.05, 0) is 55.9 Å². The van der Waals surface area contributed by atoms with E-state index in [4.69, 9.17) is 4.74 Å². The quantitative estimate of drug-likeness (QED) is 0.735. The maximum Gasteiger partial charge on any atom is 0.227 e. The Morgan fingerprint density at radius 3 is 2.17 bits per heavy atom. The second kappa shape index (κ2) is 10.1. The second-order valence-electron chi connectivity index (χ2n) is 7.62. The lowest BCUT2D eigenvalue weighted by Gasteiger charge is -2.27. The van der Waals surface area contributed by atoms with Gasteiger partial charge >= 0.3 is 0 Å². The van der Waals surface area contributed by atoms with Crippen LogP contribution in [0.3, 0.4) is 0 Å². The third-order valence-electron chi connectivity index (χ3n) is 5.74. The van der Waals surface area contributed by atoms with Crippen LogP contribution in [-0.4, -0.2) is 18.9 Å². The number of hydrogen-bond acceptors (Lipinski definition) is 3. The van der Waals surface area contributed by atoms with E-state index in [0.717, 1.165) is 49.1 Å². The Balaban J connectivity index is 1.45. The Labute approximate surface area is 172 Å². The maximum atomic E-state index is 12.6. The van der Waals surface area contributed by atoms with Gasteiger partial charge in [-0.15, -0.1) is 0 Å². The normalized spacial score (nSPS) is 18.7. The summed E-state index contributed by atoms with van der Waals surface area (Å²) < 4.78 is 5.33. The molecule has 154 valence electrons. The largest absolute Gasteiger partial charge is 0.496 e. The van der Waals surface area contributed by atoms with Crippen LogP contribution in [0.25, 0.3) is 0 Å². The van der Waals surface area contributed by atoms with Crippen molar-refractivity contribution < 1.29 is 14.3 Å². The summed E-state index contributed by atoms with van der Waals surface area (Å²) in [5.41, 5.74) is 3.05. The van der Waals surface area contributed by atoms with E-state index in [-0.39, 0.29) is 23.7 Å². The number of carbonyl (C=O) groups is 2. The first-order valence-electron chi connectivity index (χ1n) is 10.4. The minimum atomic E-state index is -0.0300. The number of hydrogen-bond donors (Lipinski definition) is 2. The molecular weight excluding hydrogens is 364 g/mol. The molecule has 1 saturated carbocycles. The number of benzene rings is 2. The molecular formula is C24H30N2O3. The molecule has 29 heavy (non-hydrogen) atoms. The van der Waals surface area contributed by atoms with Crippen molar-refractivity contribution in [2.45, 2.75) is 45.6 Å². The summed E-state index contributed by atoms with van der Waals surface area (Å²) in [6.45, 7) is 2.57. The molecule has 0 saturated heterocycles. The van der Waals surface area contributed by atoms with Gasteiger partial charge in [0.25, 0.3) is 0 Å². The average molecular weight is 395 g/mol. The first-order valence-corrected chi connectivity index (χ1v) is 10.4. The zero-order valence-corrected chi connectivity index (χ0v) is 17.2. The molecule has 2 aromatic carbocycles. The molecule has 5 nitrogen and oxygen atoms in total. The van der Waals surface area contributed by atoms with Crippen molar-refractivity contribution in [3.05, 3.63) is 59.7 Å². The first kappa shape index (κ1) is 20.9. The number of anilines is 1. The van der Waals surface area contributed by atoms with Crippen LogP contribution in [0.1, 0.15) is 43.7 Å². The number of para-hydroxylation sites is 1. The number of carbonyl (C=O) groups excluding carboxylic acids is 2.